The van der Waals surface area contributed by atoms with Crippen molar-refractivity contribution < 1.29 is 38.3 Å². The molecule has 0 aromatic heterocycles. The van der Waals surface area contributed by atoms with E-state index in [1.54, 1.807) is 6.07 Å². The molecular formula is C30H38N2O8. The van der Waals surface area contributed by atoms with Gasteiger partial charge in [-0.05, 0) is 23.3 Å². The van der Waals surface area contributed by atoms with E-state index in [0.717, 1.165) is 94.4 Å². The van der Waals surface area contributed by atoms with Crippen LogP contribution in [0.2, 0.25) is 0 Å². The molecule has 0 radical (unpaired) electrons. The van der Waals surface area contributed by atoms with Crippen molar-refractivity contribution in [1.29, 1.82) is 0 Å². The Labute approximate surface area is 234 Å². The minimum atomic E-state index is 0.244. The average molecular weight is 555 g/mol. The van der Waals surface area contributed by atoms with E-state index in [1.807, 2.05) is 12.1 Å². The smallest absolute Gasteiger partial charge is 0.121 e. The molecule has 10 heteroatoms. The van der Waals surface area contributed by atoms with E-state index in [1.165, 1.54) is 5.69 Å². The lowest BCUT2D eigenvalue weighted by atomic mass is 9.90. The number of nitrogens with zero attached hydrogens (tertiary/aromatic N) is 1. The van der Waals surface area contributed by atoms with Gasteiger partial charge in [0, 0.05) is 61.4 Å². The quantitative estimate of drug-likeness (QED) is 0.263. The summed E-state index contributed by atoms with van der Waals surface area (Å²) < 4.78 is 37.6. The van der Waals surface area contributed by atoms with Gasteiger partial charge in [-0.3, -0.25) is 0 Å². The van der Waals surface area contributed by atoms with E-state index in [2.05, 4.69) is 17.0 Å². The molecule has 10 nitrogen and oxygen atoms in total. The number of phenols is 1. The van der Waals surface area contributed by atoms with Crippen LogP contribution in [0.4, 0.5) is 11.4 Å². The summed E-state index contributed by atoms with van der Waals surface area (Å²) in [5.74, 6) is 1.19. The van der Waals surface area contributed by atoms with Gasteiger partial charge in [-0.25, -0.2) is 0 Å². The fourth-order valence-electron chi connectivity index (χ4n) is 5.04. The number of aromatic hydroxyl groups is 1. The van der Waals surface area contributed by atoms with Gasteiger partial charge in [0.05, 0.1) is 70.2 Å². The number of phenolic OH excluding ortho intramolecular Hbond substituents is 1. The molecule has 6 heterocycles. The van der Waals surface area contributed by atoms with Gasteiger partial charge in [0.15, 0.2) is 0 Å². The largest absolute Gasteiger partial charge is 0.508 e. The highest BCUT2D eigenvalue weighted by molar-refractivity contribution is 5.60. The highest BCUT2D eigenvalue weighted by Crippen LogP contribution is 2.37. The van der Waals surface area contributed by atoms with Crippen LogP contribution < -0.4 is 15.4 Å². The number of rotatable bonds is 14. The molecule has 6 atom stereocenters. The second-order valence-corrected chi connectivity index (χ2v) is 11.5. The Morgan fingerprint density at radius 2 is 1.23 bits per heavy atom. The third kappa shape index (κ3) is 7.57. The number of hydrogen-bond donors (Lipinski definition) is 2. The summed E-state index contributed by atoms with van der Waals surface area (Å²) in [5, 5.41) is 10.2. The summed E-state index contributed by atoms with van der Waals surface area (Å²) in [6, 6.07) is 9.91. The number of nitrogens with two attached hydrogens (primary N) is 1. The molecule has 0 amide bonds. The lowest BCUT2D eigenvalue weighted by molar-refractivity contribution is 0.263. The molecule has 8 rings (SSSR count). The molecule has 2 aromatic rings. The molecule has 6 aliphatic heterocycles. The van der Waals surface area contributed by atoms with Crippen molar-refractivity contribution >= 4 is 11.4 Å². The maximum Gasteiger partial charge on any atom is 0.121 e. The summed E-state index contributed by atoms with van der Waals surface area (Å²) in [4.78, 5) is 2.33. The van der Waals surface area contributed by atoms with Crippen molar-refractivity contribution in [3.05, 3.63) is 47.0 Å². The lowest BCUT2D eigenvalue weighted by Gasteiger charge is -2.23. The molecule has 3 N–H and O–H groups in total. The second kappa shape index (κ2) is 11.3. The standard InChI is InChI=1S/2C15H19NO4/c16-14-4-15(17)13(3-10-7-20-10)11(1-8-5-18-8)12(14)2-9-6-19-9;1-2-11(4-12(3-1)17-9-15-10-20-15)16(5-13-7-18-13)6-14-8-19-14/h4,8-10,17H,1-3,5-7,16H2;1-4,13-15H,5-10H2. The third-order valence-corrected chi connectivity index (χ3v) is 7.85. The van der Waals surface area contributed by atoms with Crippen LogP contribution in [0.5, 0.6) is 11.5 Å². The number of ether oxygens (including phenoxy) is 7. The molecule has 0 bridgehead atoms. The van der Waals surface area contributed by atoms with Gasteiger partial charge in [-0.15, -0.1) is 0 Å². The highest BCUT2D eigenvalue weighted by Gasteiger charge is 2.34. The van der Waals surface area contributed by atoms with E-state index >= 15 is 0 Å². The SMILES string of the molecule is Nc1cc(O)c(CC2CO2)c(CC2CO2)c1CC1CO1.c1cc(OCC2CO2)cc(N(CC2CO2)CC2CO2)c1. The van der Waals surface area contributed by atoms with Crippen LogP contribution in [0.25, 0.3) is 0 Å². The monoisotopic (exact) mass is 554 g/mol. The predicted octanol–water partition coefficient (Wildman–Crippen LogP) is 1.87. The molecule has 0 spiro atoms. The first kappa shape index (κ1) is 26.3. The molecule has 6 unspecified atom stereocenters. The summed E-state index contributed by atoms with van der Waals surface area (Å²) >= 11 is 0. The number of epoxide rings is 6. The maximum absolute atomic E-state index is 10.2. The van der Waals surface area contributed by atoms with E-state index in [4.69, 9.17) is 38.9 Å². The van der Waals surface area contributed by atoms with Gasteiger partial charge >= 0.3 is 0 Å². The van der Waals surface area contributed by atoms with Crippen LogP contribution in [0.1, 0.15) is 16.7 Å². The van der Waals surface area contributed by atoms with Crippen LogP contribution in [0, 0.1) is 0 Å². The Morgan fingerprint density at radius 3 is 1.77 bits per heavy atom. The Balaban J connectivity index is 0.000000132. The van der Waals surface area contributed by atoms with Crippen molar-refractivity contribution in [3.8, 4) is 11.5 Å². The molecule has 40 heavy (non-hydrogen) atoms. The molecule has 6 aliphatic rings. The second-order valence-electron chi connectivity index (χ2n) is 11.5. The van der Waals surface area contributed by atoms with Gasteiger partial charge in [-0.1, -0.05) is 6.07 Å². The maximum atomic E-state index is 10.2. The molecule has 0 saturated carbocycles. The normalized spacial score (nSPS) is 30.1. The summed E-state index contributed by atoms with van der Waals surface area (Å²) in [6.07, 6.45) is 4.24. The van der Waals surface area contributed by atoms with E-state index < -0.39 is 0 Å². The Kier molecular flexibility index (Phi) is 7.46. The molecule has 0 aliphatic carbocycles. The topological polar surface area (TPSA) is 134 Å². The van der Waals surface area contributed by atoms with Crippen molar-refractivity contribution in [3.63, 3.8) is 0 Å². The minimum Gasteiger partial charge on any atom is -0.508 e. The Bertz CT molecular complexity index is 1130. The number of hydrogen-bond acceptors (Lipinski definition) is 10. The van der Waals surface area contributed by atoms with Crippen molar-refractivity contribution in [1.82, 2.24) is 0 Å². The van der Waals surface area contributed by atoms with Gasteiger partial charge in [0.2, 0.25) is 0 Å². The first-order chi connectivity index (χ1) is 19.6. The van der Waals surface area contributed by atoms with Crippen LogP contribution in [0.15, 0.2) is 30.3 Å². The van der Waals surface area contributed by atoms with E-state index in [-0.39, 0.29) is 30.2 Å². The number of nitrogen functional groups attached to an aromatic ring is 1. The molecule has 216 valence electrons. The molecule has 2 aromatic carbocycles. The lowest BCUT2D eigenvalue weighted by Crippen LogP contribution is -2.31. The van der Waals surface area contributed by atoms with Crippen molar-refractivity contribution in [2.24, 2.45) is 0 Å². The van der Waals surface area contributed by atoms with Crippen molar-refractivity contribution in [2.75, 3.05) is 70.0 Å². The van der Waals surface area contributed by atoms with Crippen molar-refractivity contribution in [2.45, 2.75) is 55.9 Å². The summed E-state index contributed by atoms with van der Waals surface area (Å²) in [7, 11) is 0. The number of anilines is 2. The average Bonchev–Trinajstić information content (AvgIpc) is 3.75. The molecule has 6 fully saturated rings. The zero-order valence-electron chi connectivity index (χ0n) is 22.7. The zero-order valence-corrected chi connectivity index (χ0v) is 22.7. The van der Waals surface area contributed by atoms with E-state index in [0.29, 0.717) is 24.5 Å². The summed E-state index contributed by atoms with van der Waals surface area (Å²) in [5.41, 5.74) is 11.2. The van der Waals surface area contributed by atoms with E-state index in [9.17, 15) is 5.11 Å². The molecular weight excluding hydrogens is 516 g/mol. The molecule has 6 saturated heterocycles. The van der Waals surface area contributed by atoms with Gasteiger partial charge < -0.3 is 48.9 Å². The predicted molar refractivity (Wildman–Crippen MR) is 146 cm³/mol. The van der Waals surface area contributed by atoms with Crippen LogP contribution in [-0.4, -0.2) is 101 Å². The van der Waals surface area contributed by atoms with Gasteiger partial charge in [0.1, 0.15) is 24.2 Å². The Hall–Kier alpha value is -2.60. The highest BCUT2D eigenvalue weighted by atomic mass is 16.6. The first-order valence-electron chi connectivity index (χ1n) is 14.4. The zero-order chi connectivity index (χ0) is 27.1. The fourth-order valence-corrected chi connectivity index (χ4v) is 5.04. The van der Waals surface area contributed by atoms with Gasteiger partial charge in [0.25, 0.3) is 0 Å². The first-order valence-corrected chi connectivity index (χ1v) is 14.4. The fraction of sp³-hybridized carbons (Fsp3) is 0.600. The third-order valence-electron chi connectivity index (χ3n) is 7.85. The van der Waals surface area contributed by atoms with Crippen LogP contribution >= 0.6 is 0 Å². The van der Waals surface area contributed by atoms with Crippen LogP contribution in [-0.2, 0) is 47.7 Å². The number of benzene rings is 2. The van der Waals surface area contributed by atoms with Gasteiger partial charge in [-0.2, -0.15) is 0 Å². The van der Waals surface area contributed by atoms with Crippen LogP contribution in [0.3, 0.4) is 0 Å². The minimum absolute atomic E-state index is 0.244. The summed E-state index contributed by atoms with van der Waals surface area (Å²) in [6.45, 7) is 7.45. The Morgan fingerprint density at radius 1 is 0.700 bits per heavy atom.